The Balaban J connectivity index is 2.50. The molecule has 1 aromatic rings. The number of carboxylic acid groups (broad SMARTS) is 1. The number of hydrogen-bond acceptors (Lipinski definition) is 3. The number of rotatable bonds is 7. The quantitative estimate of drug-likeness (QED) is 0.734. The Morgan fingerprint density at radius 2 is 2.28 bits per heavy atom. The SMILES string of the molecule is COc1ccc(C(C)NCCCC(=O)O)c(F)c1. The van der Waals surface area contributed by atoms with Crippen molar-refractivity contribution in [3.8, 4) is 5.75 Å². The summed E-state index contributed by atoms with van der Waals surface area (Å²) in [4.78, 5) is 10.3. The predicted molar refractivity (Wildman–Crippen MR) is 66.2 cm³/mol. The molecule has 5 heteroatoms. The normalized spacial score (nSPS) is 12.2. The molecule has 0 fully saturated rings. The number of ether oxygens (including phenoxy) is 1. The van der Waals surface area contributed by atoms with Gasteiger partial charge in [-0.1, -0.05) is 6.07 Å². The van der Waals surface area contributed by atoms with Gasteiger partial charge in [-0.05, 0) is 26.0 Å². The third-order valence-electron chi connectivity index (χ3n) is 2.69. The van der Waals surface area contributed by atoms with Gasteiger partial charge in [-0.3, -0.25) is 4.79 Å². The van der Waals surface area contributed by atoms with Gasteiger partial charge in [0, 0.05) is 24.1 Å². The number of carboxylic acids is 1. The molecule has 0 spiro atoms. The first-order valence-corrected chi connectivity index (χ1v) is 5.83. The first kappa shape index (κ1) is 14.4. The summed E-state index contributed by atoms with van der Waals surface area (Å²) < 4.78 is 18.6. The van der Waals surface area contributed by atoms with Crippen LogP contribution in [0.25, 0.3) is 0 Å². The zero-order valence-electron chi connectivity index (χ0n) is 10.6. The van der Waals surface area contributed by atoms with Crippen LogP contribution in [0.15, 0.2) is 18.2 Å². The lowest BCUT2D eigenvalue weighted by Crippen LogP contribution is -2.21. The van der Waals surface area contributed by atoms with Crippen molar-refractivity contribution in [2.75, 3.05) is 13.7 Å². The maximum Gasteiger partial charge on any atom is 0.303 e. The van der Waals surface area contributed by atoms with Crippen LogP contribution < -0.4 is 10.1 Å². The van der Waals surface area contributed by atoms with Gasteiger partial charge in [0.2, 0.25) is 0 Å². The number of halogens is 1. The van der Waals surface area contributed by atoms with Gasteiger partial charge in [0.15, 0.2) is 0 Å². The van der Waals surface area contributed by atoms with Crippen molar-refractivity contribution in [1.29, 1.82) is 0 Å². The average molecular weight is 255 g/mol. The lowest BCUT2D eigenvalue weighted by molar-refractivity contribution is -0.137. The first-order valence-electron chi connectivity index (χ1n) is 5.83. The molecule has 1 atom stereocenters. The molecule has 0 aliphatic carbocycles. The number of benzene rings is 1. The molecule has 18 heavy (non-hydrogen) atoms. The Bertz CT molecular complexity index is 409. The Hall–Kier alpha value is -1.62. The lowest BCUT2D eigenvalue weighted by Gasteiger charge is -2.15. The van der Waals surface area contributed by atoms with Crippen molar-refractivity contribution in [1.82, 2.24) is 5.32 Å². The van der Waals surface area contributed by atoms with Crippen molar-refractivity contribution in [2.45, 2.75) is 25.8 Å². The van der Waals surface area contributed by atoms with Crippen LogP contribution in [0.5, 0.6) is 5.75 Å². The largest absolute Gasteiger partial charge is 0.497 e. The third kappa shape index (κ3) is 4.33. The number of carbonyl (C=O) groups is 1. The molecule has 1 unspecified atom stereocenters. The standard InChI is InChI=1S/C13H18FNO3/c1-9(15-7-3-4-13(16)17)11-6-5-10(18-2)8-12(11)14/h5-6,8-9,15H,3-4,7H2,1-2H3,(H,16,17). The van der Waals surface area contributed by atoms with Crippen LogP contribution >= 0.6 is 0 Å². The summed E-state index contributed by atoms with van der Waals surface area (Å²) in [5.41, 5.74) is 0.547. The van der Waals surface area contributed by atoms with Crippen molar-refractivity contribution < 1.29 is 19.0 Å². The summed E-state index contributed by atoms with van der Waals surface area (Å²) in [5, 5.41) is 11.6. The molecule has 0 aliphatic rings. The van der Waals surface area contributed by atoms with E-state index in [0.29, 0.717) is 24.3 Å². The van der Waals surface area contributed by atoms with E-state index < -0.39 is 5.97 Å². The topological polar surface area (TPSA) is 58.6 Å². The van der Waals surface area contributed by atoms with E-state index in [1.54, 1.807) is 12.1 Å². The van der Waals surface area contributed by atoms with E-state index in [2.05, 4.69) is 5.32 Å². The van der Waals surface area contributed by atoms with Crippen molar-refractivity contribution in [3.63, 3.8) is 0 Å². The lowest BCUT2D eigenvalue weighted by atomic mass is 10.1. The molecule has 0 amide bonds. The summed E-state index contributed by atoms with van der Waals surface area (Å²) in [5.74, 6) is -0.665. The number of methoxy groups -OCH3 is 1. The highest BCUT2D eigenvalue weighted by molar-refractivity contribution is 5.66. The highest BCUT2D eigenvalue weighted by Gasteiger charge is 2.11. The van der Waals surface area contributed by atoms with Gasteiger partial charge < -0.3 is 15.2 Å². The van der Waals surface area contributed by atoms with Gasteiger partial charge >= 0.3 is 5.97 Å². The Morgan fingerprint density at radius 3 is 2.83 bits per heavy atom. The van der Waals surface area contributed by atoms with Gasteiger partial charge in [-0.25, -0.2) is 4.39 Å². The van der Waals surface area contributed by atoms with Gasteiger partial charge in [0.1, 0.15) is 11.6 Å². The van der Waals surface area contributed by atoms with E-state index in [-0.39, 0.29) is 18.3 Å². The molecule has 1 aromatic carbocycles. The zero-order valence-corrected chi connectivity index (χ0v) is 10.6. The van der Waals surface area contributed by atoms with Crippen LogP contribution in [-0.4, -0.2) is 24.7 Å². The van der Waals surface area contributed by atoms with Gasteiger partial charge in [-0.15, -0.1) is 0 Å². The minimum atomic E-state index is -0.819. The number of hydrogen-bond donors (Lipinski definition) is 2. The van der Waals surface area contributed by atoms with Crippen LogP contribution in [0.3, 0.4) is 0 Å². The third-order valence-corrected chi connectivity index (χ3v) is 2.69. The molecule has 1 rings (SSSR count). The molecule has 0 bridgehead atoms. The molecule has 0 aromatic heterocycles. The fourth-order valence-electron chi connectivity index (χ4n) is 1.65. The van der Waals surface area contributed by atoms with Crippen LogP contribution in [0.4, 0.5) is 4.39 Å². The van der Waals surface area contributed by atoms with Crippen LogP contribution in [0, 0.1) is 5.82 Å². The molecular weight excluding hydrogens is 237 g/mol. The maximum absolute atomic E-state index is 13.7. The molecule has 0 saturated carbocycles. The predicted octanol–water partition coefficient (Wildman–Crippen LogP) is 2.35. The van der Waals surface area contributed by atoms with Gasteiger partial charge in [-0.2, -0.15) is 0 Å². The second-order valence-corrected chi connectivity index (χ2v) is 4.06. The van der Waals surface area contributed by atoms with Crippen LogP contribution in [0.1, 0.15) is 31.4 Å². The fraction of sp³-hybridized carbons (Fsp3) is 0.462. The smallest absolute Gasteiger partial charge is 0.303 e. The summed E-state index contributed by atoms with van der Waals surface area (Å²) >= 11 is 0. The summed E-state index contributed by atoms with van der Waals surface area (Å²) in [6, 6.07) is 4.55. The Kier molecular flexibility index (Phi) is 5.58. The summed E-state index contributed by atoms with van der Waals surface area (Å²) in [7, 11) is 1.49. The molecular formula is C13H18FNO3. The molecule has 2 N–H and O–H groups in total. The summed E-state index contributed by atoms with van der Waals surface area (Å²) in [6.07, 6.45) is 0.641. The monoisotopic (exact) mass is 255 g/mol. The van der Waals surface area contributed by atoms with E-state index in [1.165, 1.54) is 13.2 Å². The van der Waals surface area contributed by atoms with Gasteiger partial charge in [0.25, 0.3) is 0 Å². The minimum absolute atomic E-state index is 0.116. The van der Waals surface area contributed by atoms with E-state index >= 15 is 0 Å². The van der Waals surface area contributed by atoms with Crippen molar-refractivity contribution in [3.05, 3.63) is 29.6 Å². The van der Waals surface area contributed by atoms with Crippen LogP contribution in [-0.2, 0) is 4.79 Å². The fourth-order valence-corrected chi connectivity index (χ4v) is 1.65. The number of nitrogens with one attached hydrogen (secondary N) is 1. The molecule has 0 radical (unpaired) electrons. The Labute approximate surface area is 106 Å². The van der Waals surface area contributed by atoms with E-state index in [9.17, 15) is 9.18 Å². The second kappa shape index (κ2) is 6.96. The average Bonchev–Trinajstić information content (AvgIpc) is 2.33. The highest BCUT2D eigenvalue weighted by atomic mass is 19.1. The zero-order chi connectivity index (χ0) is 13.5. The van der Waals surface area contributed by atoms with E-state index in [4.69, 9.17) is 9.84 Å². The van der Waals surface area contributed by atoms with Gasteiger partial charge in [0.05, 0.1) is 7.11 Å². The maximum atomic E-state index is 13.7. The first-order chi connectivity index (χ1) is 8.54. The molecule has 0 aliphatic heterocycles. The van der Waals surface area contributed by atoms with E-state index in [0.717, 1.165) is 0 Å². The number of aliphatic carboxylic acids is 1. The molecule has 0 saturated heterocycles. The molecule has 100 valence electrons. The molecule has 0 heterocycles. The van der Waals surface area contributed by atoms with Crippen molar-refractivity contribution >= 4 is 5.97 Å². The second-order valence-electron chi connectivity index (χ2n) is 4.06. The minimum Gasteiger partial charge on any atom is -0.497 e. The van der Waals surface area contributed by atoms with Crippen molar-refractivity contribution in [2.24, 2.45) is 0 Å². The van der Waals surface area contributed by atoms with Crippen LogP contribution in [0.2, 0.25) is 0 Å². The summed E-state index contributed by atoms with van der Waals surface area (Å²) in [6.45, 7) is 2.38. The van der Waals surface area contributed by atoms with E-state index in [1.807, 2.05) is 6.92 Å². The molecule has 4 nitrogen and oxygen atoms in total. The Morgan fingerprint density at radius 1 is 1.56 bits per heavy atom. The highest BCUT2D eigenvalue weighted by Crippen LogP contribution is 2.21.